The van der Waals surface area contributed by atoms with Crippen LogP contribution in [0.15, 0.2) is 30.5 Å². The third-order valence-corrected chi connectivity index (χ3v) is 4.45. The van der Waals surface area contributed by atoms with Crippen molar-refractivity contribution in [1.29, 1.82) is 0 Å². The van der Waals surface area contributed by atoms with Gasteiger partial charge in [-0.2, -0.15) is 8.42 Å². The van der Waals surface area contributed by atoms with Gasteiger partial charge in [0.1, 0.15) is 5.25 Å². The first kappa shape index (κ1) is 12.2. The maximum atomic E-state index is 12.9. The Bertz CT molecular complexity index is 753. The number of aromatic nitrogens is 1. The zero-order valence-corrected chi connectivity index (χ0v) is 10.7. The third kappa shape index (κ3) is 2.10. The van der Waals surface area contributed by atoms with Gasteiger partial charge in [-0.3, -0.25) is 4.79 Å². The molecule has 1 N–H and O–H groups in total. The minimum atomic E-state index is -4.68. The van der Waals surface area contributed by atoms with Gasteiger partial charge in [0.05, 0.1) is 0 Å². The van der Waals surface area contributed by atoms with Crippen molar-refractivity contribution in [3.8, 4) is 0 Å². The number of carbonyl (C=O) groups excluding carboxylic acids is 1. The highest BCUT2D eigenvalue weighted by atomic mass is 32.3. The first-order valence-electron chi connectivity index (χ1n) is 5.76. The number of H-pyrrole nitrogens is 1. The van der Waals surface area contributed by atoms with Crippen molar-refractivity contribution >= 4 is 32.7 Å². The maximum Gasteiger partial charge on any atom is 0.307 e. The Morgan fingerprint density at radius 2 is 2.11 bits per heavy atom. The lowest BCUT2D eigenvalue weighted by Crippen LogP contribution is -2.26. The summed E-state index contributed by atoms with van der Waals surface area (Å²) in [5.74, 6) is -0.378. The highest BCUT2D eigenvalue weighted by molar-refractivity contribution is 7.87. The molecule has 0 radical (unpaired) electrons. The second-order valence-corrected chi connectivity index (χ2v) is 6.17. The second-order valence-electron chi connectivity index (χ2n) is 4.56. The van der Waals surface area contributed by atoms with Crippen molar-refractivity contribution in [3.05, 3.63) is 30.5 Å². The molecule has 7 heteroatoms. The van der Waals surface area contributed by atoms with Gasteiger partial charge in [0.15, 0.2) is 0 Å². The van der Waals surface area contributed by atoms with E-state index >= 15 is 0 Å². The van der Waals surface area contributed by atoms with E-state index in [1.807, 2.05) is 12.1 Å². The Balaban J connectivity index is 1.96. The summed E-state index contributed by atoms with van der Waals surface area (Å²) in [5, 5.41) is -0.274. The summed E-state index contributed by atoms with van der Waals surface area (Å²) in [6.07, 6.45) is 1.47. The van der Waals surface area contributed by atoms with Crippen LogP contribution in [0.1, 0.15) is 6.42 Å². The first-order chi connectivity index (χ1) is 8.95. The van der Waals surface area contributed by atoms with Crippen LogP contribution in [0.3, 0.4) is 0 Å². The van der Waals surface area contributed by atoms with Gasteiger partial charge < -0.3 is 9.88 Å². The highest BCUT2D eigenvalue weighted by Gasteiger charge is 2.39. The fourth-order valence-electron chi connectivity index (χ4n) is 2.32. The summed E-state index contributed by atoms with van der Waals surface area (Å²) in [7, 11) is -4.68. The predicted molar refractivity (Wildman–Crippen MR) is 69.1 cm³/mol. The summed E-state index contributed by atoms with van der Waals surface area (Å²) in [6, 6.07) is 7.19. The molecule has 5 nitrogen and oxygen atoms in total. The van der Waals surface area contributed by atoms with Crippen LogP contribution >= 0.6 is 0 Å². The lowest BCUT2D eigenvalue weighted by Gasteiger charge is -2.16. The van der Waals surface area contributed by atoms with Crippen molar-refractivity contribution in [2.24, 2.45) is 0 Å². The molecule has 0 spiro atoms. The van der Waals surface area contributed by atoms with E-state index in [9.17, 15) is 17.1 Å². The van der Waals surface area contributed by atoms with Crippen molar-refractivity contribution < 1.29 is 17.1 Å². The number of nitrogens with one attached hydrogen (secondary N) is 1. The van der Waals surface area contributed by atoms with Gasteiger partial charge in [-0.05, 0) is 23.6 Å². The standard InChI is InChI=1S/C12H11FN2O3S/c13-19(17,18)10-6-12(16)15(7-10)9-2-1-8-3-4-14-11(8)5-9/h1-5,10,14H,6-7H2. The Kier molecular flexibility index (Phi) is 2.60. The number of nitrogens with zero attached hydrogens (tertiary/aromatic N) is 1. The number of anilines is 1. The number of rotatable bonds is 2. The first-order valence-corrected chi connectivity index (χ1v) is 7.21. The van der Waals surface area contributed by atoms with Crippen LogP contribution in [0.5, 0.6) is 0 Å². The fourth-order valence-corrected chi connectivity index (χ4v) is 2.99. The molecule has 1 saturated heterocycles. The third-order valence-electron chi connectivity index (χ3n) is 3.34. The van der Waals surface area contributed by atoms with Gasteiger partial charge in [0, 0.05) is 30.4 Å². The number of carbonyl (C=O) groups is 1. The number of fused-ring (bicyclic) bond motifs is 1. The molecular formula is C12H11FN2O3S. The summed E-state index contributed by atoms with van der Waals surface area (Å²) in [6.45, 7) is -0.135. The Morgan fingerprint density at radius 1 is 1.32 bits per heavy atom. The number of hydrogen-bond donors (Lipinski definition) is 1. The molecule has 0 bridgehead atoms. The Labute approximate surface area is 109 Å². The zero-order chi connectivity index (χ0) is 13.6. The van der Waals surface area contributed by atoms with Crippen LogP contribution in [-0.2, 0) is 15.0 Å². The quantitative estimate of drug-likeness (QED) is 0.850. The molecule has 2 heterocycles. The van der Waals surface area contributed by atoms with E-state index in [1.165, 1.54) is 4.90 Å². The molecule has 100 valence electrons. The minimum absolute atomic E-state index is 0.135. The lowest BCUT2D eigenvalue weighted by atomic mass is 10.2. The fraction of sp³-hybridized carbons (Fsp3) is 0.250. The molecule has 1 aromatic carbocycles. The van der Waals surface area contributed by atoms with E-state index in [1.54, 1.807) is 18.3 Å². The molecule has 1 aliphatic rings. The number of benzene rings is 1. The van der Waals surface area contributed by atoms with Crippen LogP contribution in [-0.4, -0.2) is 31.1 Å². The average molecular weight is 282 g/mol. The topological polar surface area (TPSA) is 70.2 Å². The molecule has 1 fully saturated rings. The van der Waals surface area contributed by atoms with E-state index in [0.29, 0.717) is 5.69 Å². The highest BCUT2D eigenvalue weighted by Crippen LogP contribution is 2.28. The lowest BCUT2D eigenvalue weighted by molar-refractivity contribution is -0.117. The van der Waals surface area contributed by atoms with Crippen molar-refractivity contribution in [2.75, 3.05) is 11.4 Å². The van der Waals surface area contributed by atoms with Gasteiger partial charge in [-0.15, -0.1) is 3.89 Å². The van der Waals surface area contributed by atoms with Crippen molar-refractivity contribution in [1.82, 2.24) is 4.98 Å². The molecule has 1 amide bonds. The number of amides is 1. The number of hydrogen-bond acceptors (Lipinski definition) is 3. The maximum absolute atomic E-state index is 12.9. The van der Waals surface area contributed by atoms with E-state index in [4.69, 9.17) is 0 Å². The average Bonchev–Trinajstić information content (AvgIpc) is 2.92. The summed E-state index contributed by atoms with van der Waals surface area (Å²) < 4.78 is 34.7. The van der Waals surface area contributed by atoms with E-state index in [-0.39, 0.29) is 18.9 Å². The van der Waals surface area contributed by atoms with E-state index in [0.717, 1.165) is 10.9 Å². The van der Waals surface area contributed by atoms with Gasteiger partial charge in [-0.1, -0.05) is 6.07 Å². The number of aromatic amines is 1. The van der Waals surface area contributed by atoms with Crippen LogP contribution < -0.4 is 4.90 Å². The Morgan fingerprint density at radius 3 is 2.79 bits per heavy atom. The second kappa shape index (κ2) is 4.06. The van der Waals surface area contributed by atoms with Crippen molar-refractivity contribution in [3.63, 3.8) is 0 Å². The molecule has 2 aromatic rings. The smallest absolute Gasteiger partial charge is 0.307 e. The Hall–Kier alpha value is -1.89. The molecule has 3 rings (SSSR count). The molecule has 1 unspecified atom stereocenters. The molecule has 1 aliphatic heterocycles. The molecule has 1 atom stereocenters. The van der Waals surface area contributed by atoms with Crippen molar-refractivity contribution in [2.45, 2.75) is 11.7 Å². The van der Waals surface area contributed by atoms with Crippen LogP contribution in [0.4, 0.5) is 9.57 Å². The van der Waals surface area contributed by atoms with Gasteiger partial charge in [0.25, 0.3) is 0 Å². The monoisotopic (exact) mass is 282 g/mol. The van der Waals surface area contributed by atoms with Gasteiger partial charge >= 0.3 is 10.2 Å². The molecule has 0 saturated carbocycles. The van der Waals surface area contributed by atoms with Crippen LogP contribution in [0, 0.1) is 0 Å². The zero-order valence-electron chi connectivity index (χ0n) is 9.84. The largest absolute Gasteiger partial charge is 0.361 e. The van der Waals surface area contributed by atoms with E-state index < -0.39 is 15.5 Å². The molecule has 1 aromatic heterocycles. The summed E-state index contributed by atoms with van der Waals surface area (Å²) in [5.41, 5.74) is 1.42. The SMILES string of the molecule is O=C1CC(S(=O)(=O)F)CN1c1ccc2cc[nH]c2c1. The summed E-state index contributed by atoms with van der Waals surface area (Å²) in [4.78, 5) is 16.1. The van der Waals surface area contributed by atoms with Crippen LogP contribution in [0.25, 0.3) is 10.9 Å². The number of halogens is 1. The van der Waals surface area contributed by atoms with Gasteiger partial charge in [0.2, 0.25) is 5.91 Å². The van der Waals surface area contributed by atoms with E-state index in [2.05, 4.69) is 4.98 Å². The normalized spacial score (nSPS) is 20.4. The summed E-state index contributed by atoms with van der Waals surface area (Å²) >= 11 is 0. The van der Waals surface area contributed by atoms with Gasteiger partial charge in [-0.25, -0.2) is 0 Å². The molecule has 19 heavy (non-hydrogen) atoms. The predicted octanol–water partition coefficient (Wildman–Crippen LogP) is 1.57. The molecule has 0 aliphatic carbocycles. The minimum Gasteiger partial charge on any atom is -0.361 e. The molecular weight excluding hydrogens is 271 g/mol. The van der Waals surface area contributed by atoms with Crippen LogP contribution in [0.2, 0.25) is 0 Å².